The summed E-state index contributed by atoms with van der Waals surface area (Å²) in [6.07, 6.45) is 0.967. The van der Waals surface area contributed by atoms with Gasteiger partial charge in [-0.2, -0.15) is 0 Å². The number of para-hydroxylation sites is 1. The molecule has 1 saturated heterocycles. The number of hydrogen-bond donors (Lipinski definition) is 2. The number of aliphatic hydroxyl groups is 1. The minimum atomic E-state index is -0.473. The maximum absolute atomic E-state index is 11.9. The number of benzene rings is 1. The molecule has 0 aliphatic carbocycles. The van der Waals surface area contributed by atoms with Crippen molar-refractivity contribution in [3.63, 3.8) is 0 Å². The summed E-state index contributed by atoms with van der Waals surface area (Å²) >= 11 is 0. The van der Waals surface area contributed by atoms with Crippen LogP contribution in [0.25, 0.3) is 0 Å². The first kappa shape index (κ1) is 13.9. The number of piperazine rings is 1. The van der Waals surface area contributed by atoms with Crippen molar-refractivity contribution >= 4 is 11.6 Å². The number of amides is 1. The summed E-state index contributed by atoms with van der Waals surface area (Å²) in [7, 11) is 0. The molecule has 0 spiro atoms. The van der Waals surface area contributed by atoms with Crippen LogP contribution in [0.15, 0.2) is 24.3 Å². The molecule has 104 valence electrons. The zero-order valence-corrected chi connectivity index (χ0v) is 11.6. The molecule has 4 nitrogen and oxygen atoms in total. The van der Waals surface area contributed by atoms with Crippen LogP contribution in [0, 0.1) is 0 Å². The van der Waals surface area contributed by atoms with Gasteiger partial charge in [-0.3, -0.25) is 4.79 Å². The number of carbonyl (C=O) groups excluding carboxylic acids is 1. The first-order chi connectivity index (χ1) is 9.19. The molecule has 0 bridgehead atoms. The van der Waals surface area contributed by atoms with Gasteiger partial charge in [-0.15, -0.1) is 0 Å². The Bertz CT molecular complexity index is 448. The van der Waals surface area contributed by atoms with E-state index in [1.807, 2.05) is 38.1 Å². The Balaban J connectivity index is 2.37. The third-order valence-electron chi connectivity index (χ3n) is 3.71. The Labute approximate surface area is 114 Å². The molecule has 0 aromatic heterocycles. The van der Waals surface area contributed by atoms with Crippen molar-refractivity contribution in [3.05, 3.63) is 29.8 Å². The minimum Gasteiger partial charge on any atom is -0.388 e. The summed E-state index contributed by atoms with van der Waals surface area (Å²) in [4.78, 5) is 14.1. The van der Waals surface area contributed by atoms with Gasteiger partial charge in [0.2, 0.25) is 5.91 Å². The number of anilines is 1. The Morgan fingerprint density at radius 1 is 1.42 bits per heavy atom. The second-order valence-corrected chi connectivity index (χ2v) is 4.89. The smallest absolute Gasteiger partial charge is 0.242 e. The lowest BCUT2D eigenvalue weighted by Gasteiger charge is -2.38. The zero-order valence-electron chi connectivity index (χ0n) is 11.6. The number of rotatable bonds is 4. The quantitative estimate of drug-likeness (QED) is 0.870. The van der Waals surface area contributed by atoms with Gasteiger partial charge in [0, 0.05) is 24.3 Å². The molecule has 2 atom stereocenters. The van der Waals surface area contributed by atoms with E-state index in [1.165, 1.54) is 0 Å². The fourth-order valence-electron chi connectivity index (χ4n) is 2.66. The van der Waals surface area contributed by atoms with Crippen molar-refractivity contribution in [3.8, 4) is 0 Å². The van der Waals surface area contributed by atoms with Gasteiger partial charge in [-0.05, 0) is 18.9 Å². The van der Waals surface area contributed by atoms with E-state index in [0.29, 0.717) is 13.0 Å². The average molecular weight is 262 g/mol. The van der Waals surface area contributed by atoms with E-state index in [9.17, 15) is 9.90 Å². The van der Waals surface area contributed by atoms with E-state index in [2.05, 4.69) is 10.2 Å². The Hall–Kier alpha value is -1.55. The Morgan fingerprint density at radius 3 is 2.84 bits per heavy atom. The van der Waals surface area contributed by atoms with Crippen molar-refractivity contribution in [2.45, 2.75) is 38.8 Å². The Morgan fingerprint density at radius 2 is 2.16 bits per heavy atom. The highest BCUT2D eigenvalue weighted by Gasteiger charge is 2.30. The average Bonchev–Trinajstić information content (AvgIpc) is 2.46. The van der Waals surface area contributed by atoms with Gasteiger partial charge >= 0.3 is 0 Å². The highest BCUT2D eigenvalue weighted by molar-refractivity contribution is 5.86. The predicted molar refractivity (Wildman–Crippen MR) is 76.1 cm³/mol. The largest absolute Gasteiger partial charge is 0.388 e. The molecule has 1 amide bonds. The molecule has 1 aliphatic rings. The van der Waals surface area contributed by atoms with Crippen molar-refractivity contribution in [1.29, 1.82) is 0 Å². The van der Waals surface area contributed by atoms with Crippen molar-refractivity contribution in [1.82, 2.24) is 5.32 Å². The van der Waals surface area contributed by atoms with Crippen LogP contribution in [-0.4, -0.2) is 30.1 Å². The lowest BCUT2D eigenvalue weighted by molar-refractivity contribution is -0.123. The molecule has 1 heterocycles. The molecule has 4 heteroatoms. The minimum absolute atomic E-state index is 0.0783. The molecule has 0 saturated carbocycles. The Kier molecular flexibility index (Phi) is 4.43. The van der Waals surface area contributed by atoms with E-state index in [-0.39, 0.29) is 11.9 Å². The van der Waals surface area contributed by atoms with Gasteiger partial charge in [0.1, 0.15) is 6.04 Å². The number of nitrogens with one attached hydrogen (secondary N) is 1. The maximum atomic E-state index is 11.9. The molecule has 0 radical (unpaired) electrons. The summed E-state index contributed by atoms with van der Waals surface area (Å²) in [6, 6.07) is 7.69. The molecule has 1 aromatic rings. The second-order valence-electron chi connectivity index (χ2n) is 4.89. The highest BCUT2D eigenvalue weighted by Crippen LogP contribution is 2.30. The summed E-state index contributed by atoms with van der Waals surface area (Å²) in [5.74, 6) is 0.0783. The van der Waals surface area contributed by atoms with Gasteiger partial charge in [-0.1, -0.05) is 32.0 Å². The maximum Gasteiger partial charge on any atom is 0.242 e. The van der Waals surface area contributed by atoms with Gasteiger partial charge in [0.05, 0.1) is 6.10 Å². The molecule has 1 fully saturated rings. The third kappa shape index (κ3) is 2.73. The van der Waals surface area contributed by atoms with Crippen LogP contribution in [0.3, 0.4) is 0 Å². The predicted octanol–water partition coefficient (Wildman–Crippen LogP) is 1.84. The second kappa shape index (κ2) is 6.06. The molecule has 2 N–H and O–H groups in total. The van der Waals surface area contributed by atoms with Gasteiger partial charge < -0.3 is 15.3 Å². The number of nitrogens with zero attached hydrogens (tertiary/aromatic N) is 1. The molecule has 1 aromatic carbocycles. The van der Waals surface area contributed by atoms with Crippen LogP contribution in [0.1, 0.15) is 38.4 Å². The number of carbonyl (C=O) groups is 1. The fourth-order valence-corrected chi connectivity index (χ4v) is 2.66. The summed E-state index contributed by atoms with van der Waals surface area (Å²) in [6.45, 7) is 5.42. The van der Waals surface area contributed by atoms with Crippen molar-refractivity contribution in [2.75, 3.05) is 18.0 Å². The SMILES string of the molecule is CCC1C(=O)NCCN1c1ccccc1[C@@H](O)CC. The van der Waals surface area contributed by atoms with Crippen LogP contribution >= 0.6 is 0 Å². The summed E-state index contributed by atoms with van der Waals surface area (Å²) in [5, 5.41) is 13.0. The van der Waals surface area contributed by atoms with E-state index in [4.69, 9.17) is 0 Å². The highest BCUT2D eigenvalue weighted by atomic mass is 16.3. The summed E-state index contributed by atoms with van der Waals surface area (Å²) < 4.78 is 0. The van der Waals surface area contributed by atoms with Gasteiger partial charge in [-0.25, -0.2) is 0 Å². The van der Waals surface area contributed by atoms with E-state index >= 15 is 0 Å². The molecular weight excluding hydrogens is 240 g/mol. The lowest BCUT2D eigenvalue weighted by atomic mass is 10.0. The van der Waals surface area contributed by atoms with Gasteiger partial charge in [0.15, 0.2) is 0 Å². The monoisotopic (exact) mass is 262 g/mol. The molecule has 2 rings (SSSR count). The van der Waals surface area contributed by atoms with E-state index in [0.717, 1.165) is 24.2 Å². The van der Waals surface area contributed by atoms with Crippen LogP contribution in [0.2, 0.25) is 0 Å². The van der Waals surface area contributed by atoms with Gasteiger partial charge in [0.25, 0.3) is 0 Å². The van der Waals surface area contributed by atoms with Crippen LogP contribution in [0.4, 0.5) is 5.69 Å². The molecule has 1 unspecified atom stereocenters. The molecular formula is C15H22N2O2. The van der Waals surface area contributed by atoms with Crippen LogP contribution in [0.5, 0.6) is 0 Å². The van der Waals surface area contributed by atoms with E-state index in [1.54, 1.807) is 0 Å². The number of aliphatic hydroxyl groups excluding tert-OH is 1. The molecule has 19 heavy (non-hydrogen) atoms. The third-order valence-corrected chi connectivity index (χ3v) is 3.71. The lowest BCUT2D eigenvalue weighted by Crippen LogP contribution is -2.55. The normalized spacial score (nSPS) is 21.1. The van der Waals surface area contributed by atoms with Crippen molar-refractivity contribution < 1.29 is 9.90 Å². The molecule has 1 aliphatic heterocycles. The fraction of sp³-hybridized carbons (Fsp3) is 0.533. The van der Waals surface area contributed by atoms with Crippen molar-refractivity contribution in [2.24, 2.45) is 0 Å². The first-order valence-corrected chi connectivity index (χ1v) is 7.00. The van der Waals surface area contributed by atoms with Crippen LogP contribution < -0.4 is 10.2 Å². The topological polar surface area (TPSA) is 52.6 Å². The summed E-state index contributed by atoms with van der Waals surface area (Å²) in [5.41, 5.74) is 1.90. The van der Waals surface area contributed by atoms with E-state index < -0.39 is 6.10 Å². The van der Waals surface area contributed by atoms with Crippen LogP contribution in [-0.2, 0) is 4.79 Å². The first-order valence-electron chi connectivity index (χ1n) is 7.00. The number of hydrogen-bond acceptors (Lipinski definition) is 3. The zero-order chi connectivity index (χ0) is 13.8. The standard InChI is InChI=1S/C15H22N2O2/c1-3-12-15(19)16-9-10-17(12)13-8-6-5-7-11(13)14(18)4-2/h5-8,12,14,18H,3-4,9-10H2,1-2H3,(H,16,19)/t12?,14-/m0/s1.